The molecule has 0 atom stereocenters. The molecule has 29 heavy (non-hydrogen) atoms. The van der Waals surface area contributed by atoms with Gasteiger partial charge in [0.2, 0.25) is 5.90 Å². The molecular weight excluding hydrogens is 374 g/mol. The summed E-state index contributed by atoms with van der Waals surface area (Å²) in [5.74, 6) is -0.696. The largest absolute Gasteiger partial charge is 0.479 e. The molecule has 7 heteroatoms. The highest BCUT2D eigenvalue weighted by molar-refractivity contribution is 5.96. The predicted octanol–water partition coefficient (Wildman–Crippen LogP) is 4.95. The van der Waals surface area contributed by atoms with Gasteiger partial charge in [0.1, 0.15) is 17.3 Å². The molecule has 1 heterocycles. The van der Waals surface area contributed by atoms with Crippen molar-refractivity contribution in [1.29, 1.82) is 0 Å². The number of ether oxygens (including phenoxy) is 1. The van der Waals surface area contributed by atoms with Crippen molar-refractivity contribution < 1.29 is 13.5 Å². The molecule has 0 aliphatic heterocycles. The van der Waals surface area contributed by atoms with Crippen LogP contribution in [0.4, 0.5) is 8.78 Å². The average molecular weight is 396 g/mol. The van der Waals surface area contributed by atoms with Crippen LogP contribution in [0.15, 0.2) is 60.1 Å². The molecule has 2 aromatic carbocycles. The number of nitrogens with zero attached hydrogens (tertiary/aromatic N) is 4. The number of para-hydroxylation sites is 1. The zero-order valence-electron chi connectivity index (χ0n) is 16.4. The molecule has 0 bridgehead atoms. The second-order valence-electron chi connectivity index (χ2n) is 6.40. The van der Waals surface area contributed by atoms with E-state index in [0.717, 1.165) is 12.8 Å². The van der Waals surface area contributed by atoms with Crippen LogP contribution in [0.1, 0.15) is 36.7 Å². The Balaban J connectivity index is 2.07. The maximum Gasteiger partial charge on any atom is 0.244 e. The molecule has 0 saturated heterocycles. The molecule has 0 unspecified atom stereocenters. The van der Waals surface area contributed by atoms with E-state index >= 15 is 0 Å². The van der Waals surface area contributed by atoms with Crippen LogP contribution in [0.2, 0.25) is 0 Å². The number of halogens is 2. The highest BCUT2D eigenvalue weighted by atomic mass is 19.1. The Labute approximate surface area is 168 Å². The first kappa shape index (κ1) is 20.4. The van der Waals surface area contributed by atoms with E-state index in [9.17, 15) is 8.78 Å². The fourth-order valence-corrected chi connectivity index (χ4v) is 2.93. The molecule has 0 aliphatic carbocycles. The Morgan fingerprint density at radius 1 is 1.10 bits per heavy atom. The van der Waals surface area contributed by atoms with Crippen molar-refractivity contribution in [2.24, 2.45) is 4.99 Å². The third-order valence-electron chi connectivity index (χ3n) is 4.43. The summed E-state index contributed by atoms with van der Waals surface area (Å²) in [4.78, 5) is 4.34. The first-order valence-corrected chi connectivity index (χ1v) is 9.33. The Morgan fingerprint density at radius 2 is 1.79 bits per heavy atom. The molecule has 5 nitrogen and oxygen atoms in total. The Bertz CT molecular complexity index is 1040. The van der Waals surface area contributed by atoms with Crippen molar-refractivity contribution in [1.82, 2.24) is 15.0 Å². The third-order valence-corrected chi connectivity index (χ3v) is 4.43. The van der Waals surface area contributed by atoms with Crippen molar-refractivity contribution >= 4 is 11.6 Å². The van der Waals surface area contributed by atoms with Gasteiger partial charge in [0, 0.05) is 5.56 Å². The summed E-state index contributed by atoms with van der Waals surface area (Å²) in [6.07, 6.45) is 2.38. The molecule has 0 radical (unpaired) electrons. The van der Waals surface area contributed by atoms with Crippen LogP contribution >= 0.6 is 0 Å². The van der Waals surface area contributed by atoms with E-state index in [2.05, 4.69) is 28.8 Å². The minimum Gasteiger partial charge on any atom is -0.479 e. The highest BCUT2D eigenvalue weighted by Gasteiger charge is 2.21. The van der Waals surface area contributed by atoms with Gasteiger partial charge in [-0.25, -0.2) is 18.5 Å². The van der Waals surface area contributed by atoms with Crippen LogP contribution < -0.4 is 0 Å². The van der Waals surface area contributed by atoms with Crippen molar-refractivity contribution in [3.05, 3.63) is 83.7 Å². The molecule has 150 valence electrons. The lowest BCUT2D eigenvalue weighted by molar-refractivity contribution is 0.403. The number of hydrogen-bond donors (Lipinski definition) is 0. The summed E-state index contributed by atoms with van der Waals surface area (Å²) >= 11 is 0. The van der Waals surface area contributed by atoms with Crippen molar-refractivity contribution in [2.75, 3.05) is 7.11 Å². The summed E-state index contributed by atoms with van der Waals surface area (Å²) in [5, 5.41) is 8.31. The molecule has 0 fully saturated rings. The second-order valence-corrected chi connectivity index (χ2v) is 6.40. The van der Waals surface area contributed by atoms with Crippen LogP contribution in [0.25, 0.3) is 11.4 Å². The zero-order valence-corrected chi connectivity index (χ0v) is 16.4. The number of aliphatic imine (C=N–C) groups is 1. The topological polar surface area (TPSA) is 52.3 Å². The summed E-state index contributed by atoms with van der Waals surface area (Å²) in [6, 6.07) is 12.6. The lowest BCUT2D eigenvalue weighted by Gasteiger charge is -2.10. The molecule has 0 amide bonds. The van der Waals surface area contributed by atoms with Crippen molar-refractivity contribution in [3.8, 4) is 5.69 Å². The second kappa shape index (κ2) is 9.23. The third kappa shape index (κ3) is 4.39. The smallest absolute Gasteiger partial charge is 0.244 e. The summed E-state index contributed by atoms with van der Waals surface area (Å²) in [7, 11) is 1.44. The van der Waals surface area contributed by atoms with Gasteiger partial charge in [-0.1, -0.05) is 49.4 Å². The van der Waals surface area contributed by atoms with Gasteiger partial charge in [-0.15, -0.1) is 5.10 Å². The molecule has 3 rings (SSSR count). The predicted molar refractivity (Wildman–Crippen MR) is 109 cm³/mol. The fourth-order valence-electron chi connectivity index (χ4n) is 2.93. The maximum atomic E-state index is 14.3. The van der Waals surface area contributed by atoms with Gasteiger partial charge in [-0.05, 0) is 37.1 Å². The lowest BCUT2D eigenvalue weighted by Crippen LogP contribution is -2.11. The van der Waals surface area contributed by atoms with Gasteiger partial charge in [-0.2, -0.15) is 0 Å². The highest BCUT2D eigenvalue weighted by Crippen LogP contribution is 2.22. The summed E-state index contributed by atoms with van der Waals surface area (Å²) in [5.41, 5.74) is 1.79. The SMILES string of the molecule is C=C(N=C(OC)c1nnn(-c2ccccc2F)c1CCCC)c1ccccc1F. The zero-order chi connectivity index (χ0) is 20.8. The fraction of sp³-hybridized carbons (Fsp3) is 0.227. The Kier molecular flexibility index (Phi) is 6.49. The number of methoxy groups -OCH3 is 1. The number of rotatable bonds is 7. The van der Waals surface area contributed by atoms with Gasteiger partial charge in [0.25, 0.3) is 0 Å². The maximum absolute atomic E-state index is 14.3. The molecular formula is C22H22F2N4O. The number of hydrogen-bond acceptors (Lipinski definition) is 4. The first-order valence-electron chi connectivity index (χ1n) is 9.33. The standard InChI is InChI=1S/C22H22F2N4O/c1-4-5-13-20-21(26-27-28(20)19-14-9-8-12-18(19)24)22(29-3)25-15(2)16-10-6-7-11-17(16)23/h6-12,14H,2,4-5,13H2,1,3H3. The lowest BCUT2D eigenvalue weighted by atomic mass is 10.1. The van der Waals surface area contributed by atoms with Crippen LogP contribution in [0.3, 0.4) is 0 Å². The summed E-state index contributed by atoms with van der Waals surface area (Å²) in [6.45, 7) is 5.91. The molecule has 0 N–H and O–H groups in total. The monoisotopic (exact) mass is 396 g/mol. The van der Waals surface area contributed by atoms with Crippen LogP contribution in [-0.4, -0.2) is 28.0 Å². The number of benzene rings is 2. The quantitative estimate of drug-likeness (QED) is 0.419. The van der Waals surface area contributed by atoms with Gasteiger partial charge in [0.15, 0.2) is 5.69 Å². The molecule has 0 spiro atoms. The van der Waals surface area contributed by atoms with Crippen LogP contribution in [-0.2, 0) is 11.2 Å². The summed E-state index contributed by atoms with van der Waals surface area (Å²) < 4.78 is 35.3. The van der Waals surface area contributed by atoms with E-state index in [1.807, 2.05) is 0 Å². The van der Waals surface area contributed by atoms with Crippen molar-refractivity contribution in [2.45, 2.75) is 26.2 Å². The molecule has 3 aromatic rings. The van der Waals surface area contributed by atoms with Crippen LogP contribution in [0, 0.1) is 11.6 Å². The van der Waals surface area contributed by atoms with E-state index in [-0.39, 0.29) is 17.2 Å². The van der Waals surface area contributed by atoms with Gasteiger partial charge in [-0.3, -0.25) is 0 Å². The minimum atomic E-state index is -0.432. The number of aromatic nitrogens is 3. The minimum absolute atomic E-state index is 0.145. The first-order chi connectivity index (χ1) is 14.1. The van der Waals surface area contributed by atoms with E-state index in [1.54, 1.807) is 36.4 Å². The molecule has 1 aromatic heterocycles. The van der Waals surface area contributed by atoms with E-state index in [1.165, 1.54) is 23.9 Å². The number of unbranched alkanes of at least 4 members (excludes halogenated alkanes) is 1. The molecule has 0 saturated carbocycles. The van der Waals surface area contributed by atoms with Crippen LogP contribution in [0.5, 0.6) is 0 Å². The average Bonchev–Trinajstić information content (AvgIpc) is 3.14. The Hall–Kier alpha value is -3.35. The van der Waals surface area contributed by atoms with Gasteiger partial charge >= 0.3 is 0 Å². The van der Waals surface area contributed by atoms with Gasteiger partial charge in [0.05, 0.1) is 18.5 Å². The molecule has 0 aliphatic rings. The Morgan fingerprint density at radius 3 is 2.45 bits per heavy atom. The normalized spacial score (nSPS) is 11.5. The van der Waals surface area contributed by atoms with E-state index < -0.39 is 11.6 Å². The van der Waals surface area contributed by atoms with Gasteiger partial charge < -0.3 is 4.74 Å². The van der Waals surface area contributed by atoms with Crippen molar-refractivity contribution in [3.63, 3.8) is 0 Å². The van der Waals surface area contributed by atoms with E-state index in [0.29, 0.717) is 23.5 Å². The van der Waals surface area contributed by atoms with E-state index in [4.69, 9.17) is 4.74 Å².